The molecule has 1 saturated heterocycles. The number of piperazine rings is 1. The molecule has 1 heterocycles. The monoisotopic (exact) mass is 551 g/mol. The fraction of sp³-hybridized carbons (Fsp3) is 0.417. The summed E-state index contributed by atoms with van der Waals surface area (Å²) in [4.78, 5) is 20.6. The first-order chi connectivity index (χ1) is 15.1. The summed E-state index contributed by atoms with van der Waals surface area (Å²) in [6, 6.07) is 16.5. The lowest BCUT2D eigenvalue weighted by Gasteiger charge is -2.28. The van der Waals surface area contributed by atoms with Crippen LogP contribution in [0.5, 0.6) is 5.75 Å². The van der Waals surface area contributed by atoms with E-state index < -0.39 is 0 Å². The van der Waals surface area contributed by atoms with Gasteiger partial charge in [0, 0.05) is 38.9 Å². The molecule has 0 unspecified atom stereocenters. The highest BCUT2D eigenvalue weighted by Gasteiger charge is 2.16. The zero-order valence-electron chi connectivity index (χ0n) is 19.1. The van der Waals surface area contributed by atoms with Crippen LogP contribution in [0.25, 0.3) is 0 Å². The lowest BCUT2D eigenvalue weighted by Crippen LogP contribution is -2.47. The molecule has 0 aromatic heterocycles. The van der Waals surface area contributed by atoms with Crippen LogP contribution in [0.1, 0.15) is 25.0 Å². The second kappa shape index (κ2) is 13.1. The Morgan fingerprint density at radius 3 is 2.44 bits per heavy atom. The third-order valence-electron chi connectivity index (χ3n) is 5.10. The lowest BCUT2D eigenvalue weighted by molar-refractivity contribution is -0.120. The average Bonchev–Trinajstić information content (AvgIpc) is 2.78. The van der Waals surface area contributed by atoms with Gasteiger partial charge in [-0.2, -0.15) is 0 Å². The molecule has 174 valence electrons. The van der Waals surface area contributed by atoms with Gasteiger partial charge in [0.25, 0.3) is 0 Å². The summed E-state index contributed by atoms with van der Waals surface area (Å²) in [6.45, 7) is 8.84. The van der Waals surface area contributed by atoms with Crippen LogP contribution in [0.2, 0.25) is 0 Å². The zero-order chi connectivity index (χ0) is 22.1. The van der Waals surface area contributed by atoms with Gasteiger partial charge in [0.05, 0.1) is 19.7 Å². The van der Waals surface area contributed by atoms with Crippen molar-refractivity contribution in [1.82, 2.24) is 15.5 Å². The van der Waals surface area contributed by atoms with Gasteiger partial charge in [-0.25, -0.2) is 4.99 Å². The second-order valence-corrected chi connectivity index (χ2v) is 7.54. The number of amides is 1. The van der Waals surface area contributed by atoms with Crippen molar-refractivity contribution in [3.63, 3.8) is 0 Å². The van der Waals surface area contributed by atoms with E-state index in [0.29, 0.717) is 26.2 Å². The second-order valence-electron chi connectivity index (χ2n) is 7.54. The number of aliphatic imine (C=N–C) groups is 1. The fourth-order valence-corrected chi connectivity index (χ4v) is 3.51. The van der Waals surface area contributed by atoms with Crippen molar-refractivity contribution in [1.29, 1.82) is 0 Å². The molecule has 0 aliphatic carbocycles. The van der Waals surface area contributed by atoms with Gasteiger partial charge in [0.1, 0.15) is 5.75 Å². The van der Waals surface area contributed by atoms with Crippen molar-refractivity contribution in [2.24, 2.45) is 4.99 Å². The van der Waals surface area contributed by atoms with E-state index in [4.69, 9.17) is 9.73 Å². The Bertz CT molecular complexity index is 871. The standard InChI is InChI=1S/C24H33N5O2.HI/c1-4-25-24(28(3)17-20-8-12-22(13-9-20)31-5-2)27-16-19-6-10-21(11-7-19)29-15-14-26-23(30)18-29;/h6-13H,4-5,14-18H2,1-3H3,(H,25,27)(H,26,30);1H. The van der Waals surface area contributed by atoms with Crippen molar-refractivity contribution in [3.8, 4) is 5.75 Å². The Labute approximate surface area is 208 Å². The number of nitrogens with zero attached hydrogens (tertiary/aromatic N) is 3. The van der Waals surface area contributed by atoms with Gasteiger partial charge in [0.2, 0.25) is 5.91 Å². The van der Waals surface area contributed by atoms with E-state index in [9.17, 15) is 4.79 Å². The molecule has 0 saturated carbocycles. The number of halogens is 1. The van der Waals surface area contributed by atoms with Gasteiger partial charge in [-0.15, -0.1) is 24.0 Å². The first kappa shape index (κ1) is 25.8. The Morgan fingerprint density at radius 1 is 1.12 bits per heavy atom. The molecule has 0 spiro atoms. The first-order valence-corrected chi connectivity index (χ1v) is 10.9. The predicted octanol–water partition coefficient (Wildman–Crippen LogP) is 3.24. The minimum Gasteiger partial charge on any atom is -0.494 e. The largest absolute Gasteiger partial charge is 0.494 e. The van der Waals surface area contributed by atoms with Gasteiger partial charge >= 0.3 is 0 Å². The maximum Gasteiger partial charge on any atom is 0.239 e. The number of nitrogens with one attached hydrogen (secondary N) is 2. The first-order valence-electron chi connectivity index (χ1n) is 10.9. The number of benzene rings is 2. The van der Waals surface area contributed by atoms with Gasteiger partial charge < -0.3 is 25.2 Å². The third-order valence-corrected chi connectivity index (χ3v) is 5.10. The van der Waals surface area contributed by atoms with Crippen molar-refractivity contribution in [2.45, 2.75) is 26.9 Å². The Kier molecular flexibility index (Phi) is 10.6. The van der Waals surface area contributed by atoms with Crippen LogP contribution < -0.4 is 20.3 Å². The van der Waals surface area contributed by atoms with Gasteiger partial charge in [-0.3, -0.25) is 4.79 Å². The minimum absolute atomic E-state index is 0. The van der Waals surface area contributed by atoms with Crippen LogP contribution in [0.4, 0.5) is 5.69 Å². The summed E-state index contributed by atoms with van der Waals surface area (Å²) in [5.41, 5.74) is 3.41. The molecule has 0 bridgehead atoms. The van der Waals surface area contributed by atoms with E-state index in [1.54, 1.807) is 0 Å². The number of hydrogen-bond acceptors (Lipinski definition) is 4. The Hall–Kier alpha value is -2.49. The molecule has 1 aliphatic heterocycles. The predicted molar refractivity (Wildman–Crippen MR) is 141 cm³/mol. The molecule has 2 aromatic carbocycles. The number of anilines is 1. The fourth-order valence-electron chi connectivity index (χ4n) is 3.51. The quantitative estimate of drug-likeness (QED) is 0.300. The van der Waals surface area contributed by atoms with Crippen molar-refractivity contribution in [3.05, 3.63) is 59.7 Å². The molecule has 2 aromatic rings. The molecule has 7 nitrogen and oxygen atoms in total. The molecule has 8 heteroatoms. The number of guanidine groups is 1. The van der Waals surface area contributed by atoms with E-state index in [2.05, 4.69) is 63.8 Å². The summed E-state index contributed by atoms with van der Waals surface area (Å²) >= 11 is 0. The summed E-state index contributed by atoms with van der Waals surface area (Å²) in [6.07, 6.45) is 0. The maximum absolute atomic E-state index is 11.6. The van der Waals surface area contributed by atoms with Crippen LogP contribution in [0.15, 0.2) is 53.5 Å². The summed E-state index contributed by atoms with van der Waals surface area (Å²) in [5.74, 6) is 1.84. The van der Waals surface area contributed by atoms with E-state index in [-0.39, 0.29) is 29.9 Å². The zero-order valence-corrected chi connectivity index (χ0v) is 21.5. The van der Waals surface area contributed by atoms with Crippen LogP contribution in [-0.4, -0.2) is 56.6 Å². The number of ether oxygens (including phenoxy) is 1. The average molecular weight is 551 g/mol. The summed E-state index contributed by atoms with van der Waals surface area (Å²) in [7, 11) is 2.04. The molecule has 3 rings (SSSR count). The smallest absolute Gasteiger partial charge is 0.239 e. The van der Waals surface area contributed by atoms with E-state index in [1.165, 1.54) is 5.56 Å². The van der Waals surface area contributed by atoms with E-state index >= 15 is 0 Å². The molecule has 2 N–H and O–H groups in total. The van der Waals surface area contributed by atoms with Crippen molar-refractivity contribution < 1.29 is 9.53 Å². The molecule has 0 radical (unpaired) electrons. The van der Waals surface area contributed by atoms with Gasteiger partial charge in [-0.1, -0.05) is 24.3 Å². The van der Waals surface area contributed by atoms with E-state index in [1.807, 2.05) is 26.1 Å². The van der Waals surface area contributed by atoms with Gasteiger partial charge in [-0.05, 0) is 49.2 Å². The topological polar surface area (TPSA) is 69.2 Å². The molecule has 1 aliphatic rings. The summed E-state index contributed by atoms with van der Waals surface area (Å²) in [5, 5.41) is 6.23. The highest BCUT2D eigenvalue weighted by Crippen LogP contribution is 2.17. The van der Waals surface area contributed by atoms with Crippen LogP contribution in [0, 0.1) is 0 Å². The highest BCUT2D eigenvalue weighted by atomic mass is 127. The normalized spacial score (nSPS) is 13.8. The molecule has 0 atom stereocenters. The maximum atomic E-state index is 11.6. The number of carbonyl (C=O) groups excluding carboxylic acids is 1. The van der Waals surface area contributed by atoms with Crippen LogP contribution in [0.3, 0.4) is 0 Å². The van der Waals surface area contributed by atoms with Crippen molar-refractivity contribution >= 4 is 41.5 Å². The molecule has 1 amide bonds. The minimum atomic E-state index is 0. The number of hydrogen-bond donors (Lipinski definition) is 2. The number of carbonyl (C=O) groups is 1. The SMILES string of the molecule is CCNC(=NCc1ccc(N2CCNC(=O)C2)cc1)N(C)Cc1ccc(OCC)cc1.I. The molecule has 1 fully saturated rings. The Balaban J connectivity index is 0.00000363. The van der Waals surface area contributed by atoms with Gasteiger partial charge in [0.15, 0.2) is 5.96 Å². The van der Waals surface area contributed by atoms with Crippen molar-refractivity contribution in [2.75, 3.05) is 44.7 Å². The summed E-state index contributed by atoms with van der Waals surface area (Å²) < 4.78 is 5.52. The molecular weight excluding hydrogens is 517 g/mol. The molecule has 32 heavy (non-hydrogen) atoms. The van der Waals surface area contributed by atoms with Crippen LogP contribution in [-0.2, 0) is 17.9 Å². The lowest BCUT2D eigenvalue weighted by atomic mass is 10.2. The molecular formula is C24H34IN5O2. The highest BCUT2D eigenvalue weighted by molar-refractivity contribution is 14.0. The Morgan fingerprint density at radius 2 is 1.81 bits per heavy atom. The number of rotatable bonds is 8. The van der Waals surface area contributed by atoms with E-state index in [0.717, 1.165) is 42.6 Å². The third kappa shape index (κ3) is 7.58. The van der Waals surface area contributed by atoms with Crippen LogP contribution >= 0.6 is 24.0 Å².